The number of nitrogens with zero attached hydrogens (tertiary/aromatic N) is 2. The highest BCUT2D eigenvalue weighted by Gasteiger charge is 2.37. The van der Waals surface area contributed by atoms with Crippen molar-refractivity contribution < 1.29 is 13.9 Å². The lowest BCUT2D eigenvalue weighted by Gasteiger charge is -2.36. The van der Waals surface area contributed by atoms with Crippen LogP contribution in [0.4, 0.5) is 14.6 Å². The smallest absolute Gasteiger partial charge is 0.144 e. The number of hydrogen-bond acceptors (Lipinski definition) is 3. The maximum atomic E-state index is 13.6. The summed E-state index contributed by atoms with van der Waals surface area (Å²) >= 11 is 0. The molecule has 3 aromatic rings. The van der Waals surface area contributed by atoms with Crippen molar-refractivity contribution in [2.24, 2.45) is 0 Å². The van der Waals surface area contributed by atoms with E-state index in [1.807, 2.05) is 6.07 Å². The van der Waals surface area contributed by atoms with Gasteiger partial charge in [-0.15, -0.1) is 0 Å². The Morgan fingerprint density at radius 3 is 1.86 bits per heavy atom. The van der Waals surface area contributed by atoms with E-state index in [0.29, 0.717) is 22.5 Å². The van der Waals surface area contributed by atoms with Gasteiger partial charge in [0, 0.05) is 24.8 Å². The van der Waals surface area contributed by atoms with E-state index >= 15 is 0 Å². The first kappa shape index (κ1) is 18.6. The van der Waals surface area contributed by atoms with Crippen LogP contribution in [-0.2, 0) is 5.60 Å². The molecule has 1 N–H and O–H groups in total. The zero-order chi connectivity index (χ0) is 19.6. The van der Waals surface area contributed by atoms with Crippen LogP contribution >= 0.6 is 0 Å². The van der Waals surface area contributed by atoms with E-state index < -0.39 is 5.60 Å². The molecular weight excluding hydrogens is 358 g/mol. The second-order valence-corrected chi connectivity index (χ2v) is 7.15. The van der Waals surface area contributed by atoms with Crippen LogP contribution in [0.25, 0.3) is 0 Å². The maximum absolute atomic E-state index is 13.6. The number of piperidine rings is 1. The third kappa shape index (κ3) is 3.38. The van der Waals surface area contributed by atoms with Crippen molar-refractivity contribution in [3.63, 3.8) is 0 Å². The van der Waals surface area contributed by atoms with Gasteiger partial charge in [-0.1, -0.05) is 30.3 Å². The minimum Gasteiger partial charge on any atom is -0.376 e. The summed E-state index contributed by atoms with van der Waals surface area (Å²) < 4.78 is 27.1. The summed E-state index contributed by atoms with van der Waals surface area (Å²) in [5.74, 6) is -0.0568. The van der Waals surface area contributed by atoms with Gasteiger partial charge in [-0.05, 0) is 60.7 Å². The van der Waals surface area contributed by atoms with E-state index in [2.05, 4.69) is 9.88 Å². The van der Waals surface area contributed by atoms with Crippen LogP contribution in [0, 0.1) is 11.6 Å². The lowest BCUT2D eigenvalue weighted by atomic mass is 9.80. The van der Waals surface area contributed by atoms with Crippen molar-refractivity contribution >= 4 is 5.82 Å². The predicted octanol–water partition coefficient (Wildman–Crippen LogP) is 4.63. The quantitative estimate of drug-likeness (QED) is 0.717. The number of aromatic nitrogens is 1. The van der Waals surface area contributed by atoms with Crippen LogP contribution in [-0.4, -0.2) is 23.2 Å². The third-order valence-electron chi connectivity index (χ3n) is 5.36. The van der Waals surface area contributed by atoms with Gasteiger partial charge in [0.15, 0.2) is 0 Å². The van der Waals surface area contributed by atoms with Crippen molar-refractivity contribution in [3.8, 4) is 0 Å². The first-order valence-electron chi connectivity index (χ1n) is 9.54. The molecule has 3 nitrogen and oxygen atoms in total. The molecule has 1 fully saturated rings. The molecule has 1 saturated heterocycles. The Balaban J connectivity index is 1.91. The van der Waals surface area contributed by atoms with Gasteiger partial charge >= 0.3 is 0 Å². The molecule has 0 spiro atoms. The summed E-state index contributed by atoms with van der Waals surface area (Å²) in [6.45, 7) is 1.74. The van der Waals surface area contributed by atoms with E-state index in [-0.39, 0.29) is 11.6 Å². The number of anilines is 1. The van der Waals surface area contributed by atoms with Gasteiger partial charge in [0.05, 0.1) is 0 Å². The summed E-state index contributed by atoms with van der Waals surface area (Å²) in [7, 11) is 0. The molecule has 0 atom stereocenters. The van der Waals surface area contributed by atoms with Gasteiger partial charge in [0.1, 0.15) is 23.1 Å². The first-order valence-corrected chi connectivity index (χ1v) is 9.54. The lowest BCUT2D eigenvalue weighted by molar-refractivity contribution is 0.125. The molecule has 144 valence electrons. The molecule has 1 aliphatic rings. The van der Waals surface area contributed by atoms with Gasteiger partial charge < -0.3 is 10.0 Å². The minimum atomic E-state index is -1.58. The van der Waals surface area contributed by atoms with Crippen LogP contribution in [0.1, 0.15) is 36.0 Å². The Labute approximate surface area is 163 Å². The molecule has 0 aliphatic carbocycles. The second-order valence-electron chi connectivity index (χ2n) is 7.15. The predicted molar refractivity (Wildman–Crippen MR) is 105 cm³/mol. The number of pyridine rings is 1. The highest BCUT2D eigenvalue weighted by Crippen LogP contribution is 2.41. The van der Waals surface area contributed by atoms with Crippen LogP contribution in [0.15, 0.2) is 66.9 Å². The molecular formula is C23H22F2N2O. The molecule has 2 aromatic carbocycles. The minimum absolute atomic E-state index is 0.382. The standard InChI is InChI=1S/C23H22F2N2O/c24-19-10-6-17(7-11-19)23(28,18-8-12-20(25)13-9-18)21-5-4-14-26-22(21)27-15-2-1-3-16-27/h4-14,28H,1-3,15-16H2. The van der Waals surface area contributed by atoms with Crippen LogP contribution in [0.2, 0.25) is 0 Å². The maximum Gasteiger partial charge on any atom is 0.144 e. The van der Waals surface area contributed by atoms with E-state index in [0.717, 1.165) is 25.9 Å². The molecule has 0 saturated carbocycles. The van der Waals surface area contributed by atoms with Gasteiger partial charge in [0.25, 0.3) is 0 Å². The van der Waals surface area contributed by atoms with E-state index in [1.165, 1.54) is 30.7 Å². The average molecular weight is 380 g/mol. The molecule has 0 bridgehead atoms. The lowest BCUT2D eigenvalue weighted by Crippen LogP contribution is -2.36. The third-order valence-corrected chi connectivity index (χ3v) is 5.36. The molecule has 0 unspecified atom stereocenters. The van der Waals surface area contributed by atoms with Crippen LogP contribution in [0.5, 0.6) is 0 Å². The summed E-state index contributed by atoms with van der Waals surface area (Å²) in [5.41, 5.74) is 0.0382. The fourth-order valence-corrected chi connectivity index (χ4v) is 3.90. The van der Waals surface area contributed by atoms with E-state index in [4.69, 9.17) is 0 Å². The normalized spacial score (nSPS) is 14.9. The number of benzene rings is 2. The SMILES string of the molecule is OC(c1ccc(F)cc1)(c1ccc(F)cc1)c1cccnc1N1CCCCC1. The average Bonchev–Trinajstić information content (AvgIpc) is 2.75. The zero-order valence-electron chi connectivity index (χ0n) is 15.5. The van der Waals surface area contributed by atoms with E-state index in [1.54, 1.807) is 36.5 Å². The Morgan fingerprint density at radius 2 is 1.32 bits per heavy atom. The largest absolute Gasteiger partial charge is 0.376 e. The van der Waals surface area contributed by atoms with Gasteiger partial charge in [0.2, 0.25) is 0 Å². The Hall–Kier alpha value is -2.79. The molecule has 0 amide bonds. The van der Waals surface area contributed by atoms with E-state index in [9.17, 15) is 13.9 Å². The van der Waals surface area contributed by atoms with Gasteiger partial charge in [-0.3, -0.25) is 0 Å². The van der Waals surface area contributed by atoms with Crippen molar-refractivity contribution in [1.29, 1.82) is 0 Å². The van der Waals surface area contributed by atoms with Crippen LogP contribution in [0.3, 0.4) is 0 Å². The Bertz CT molecular complexity index is 890. The molecule has 2 heterocycles. The summed E-state index contributed by atoms with van der Waals surface area (Å²) in [4.78, 5) is 6.75. The Kier molecular flexibility index (Phi) is 5.09. The molecule has 4 rings (SSSR count). The van der Waals surface area contributed by atoms with Crippen LogP contribution < -0.4 is 4.90 Å². The molecule has 5 heteroatoms. The number of hydrogen-bond donors (Lipinski definition) is 1. The summed E-state index contributed by atoms with van der Waals surface area (Å²) in [5, 5.41) is 12.0. The number of aliphatic hydroxyl groups is 1. The molecule has 1 aliphatic heterocycles. The monoisotopic (exact) mass is 380 g/mol. The highest BCUT2D eigenvalue weighted by molar-refractivity contribution is 5.58. The van der Waals surface area contributed by atoms with Crippen molar-refractivity contribution in [3.05, 3.63) is 95.2 Å². The Morgan fingerprint density at radius 1 is 0.786 bits per heavy atom. The van der Waals surface area contributed by atoms with Gasteiger partial charge in [-0.25, -0.2) is 13.8 Å². The molecule has 1 aromatic heterocycles. The van der Waals surface area contributed by atoms with Crippen molar-refractivity contribution in [1.82, 2.24) is 4.98 Å². The summed E-state index contributed by atoms with van der Waals surface area (Å²) in [6.07, 6.45) is 5.03. The molecule has 28 heavy (non-hydrogen) atoms. The number of halogens is 2. The summed E-state index contributed by atoms with van der Waals surface area (Å²) in [6, 6.07) is 15.1. The van der Waals surface area contributed by atoms with Crippen molar-refractivity contribution in [2.45, 2.75) is 24.9 Å². The van der Waals surface area contributed by atoms with Gasteiger partial charge in [-0.2, -0.15) is 0 Å². The fraction of sp³-hybridized carbons (Fsp3) is 0.261. The number of rotatable bonds is 4. The topological polar surface area (TPSA) is 36.4 Å². The molecule has 0 radical (unpaired) electrons. The first-order chi connectivity index (χ1) is 13.6. The van der Waals surface area contributed by atoms with Crippen molar-refractivity contribution in [2.75, 3.05) is 18.0 Å². The highest BCUT2D eigenvalue weighted by atomic mass is 19.1. The zero-order valence-corrected chi connectivity index (χ0v) is 15.5. The second kappa shape index (κ2) is 7.68. The fourth-order valence-electron chi connectivity index (χ4n) is 3.90.